The molecule has 64 valence electrons. The average molecular weight is 172 g/mol. The summed E-state index contributed by atoms with van der Waals surface area (Å²) in [6.07, 6.45) is 0. The van der Waals surface area contributed by atoms with Crippen LogP contribution in [0.2, 0.25) is 0 Å². The quantitative estimate of drug-likeness (QED) is 0.614. The average Bonchev–Trinajstić information content (AvgIpc) is 2.57. The van der Waals surface area contributed by atoms with E-state index in [2.05, 4.69) is 11.8 Å². The summed E-state index contributed by atoms with van der Waals surface area (Å²) in [7, 11) is 0. The van der Waals surface area contributed by atoms with E-state index in [1.54, 1.807) is 0 Å². The van der Waals surface area contributed by atoms with Crippen LogP contribution in [0.4, 0.5) is 0 Å². The molecule has 2 rings (SSSR count). The molecule has 0 amide bonds. The van der Waals surface area contributed by atoms with Crippen molar-refractivity contribution in [1.29, 1.82) is 0 Å². The molecule has 1 heterocycles. The fourth-order valence-electron chi connectivity index (χ4n) is 1.17. The van der Waals surface area contributed by atoms with Crippen LogP contribution in [0.5, 0.6) is 0 Å². The van der Waals surface area contributed by atoms with Crippen molar-refractivity contribution in [2.45, 2.75) is 0 Å². The first-order valence-corrected chi connectivity index (χ1v) is 3.98. The summed E-state index contributed by atoms with van der Waals surface area (Å²) < 4.78 is 5.39. The van der Waals surface area contributed by atoms with E-state index in [0.717, 1.165) is 11.0 Å². The van der Waals surface area contributed by atoms with Gasteiger partial charge in [0.1, 0.15) is 12.2 Å². The standard InChI is InChI=1S/C11H8O2/c12-7-3-5-10-8-9-4-1-2-6-11(9)13-10/h1-2,4,6,8,12H,7H2. The molecule has 0 radical (unpaired) electrons. The lowest BCUT2D eigenvalue weighted by Gasteiger charge is -1.81. The molecular formula is C11H8O2. The fourth-order valence-corrected chi connectivity index (χ4v) is 1.17. The molecule has 0 fully saturated rings. The highest BCUT2D eigenvalue weighted by atomic mass is 16.3. The van der Waals surface area contributed by atoms with E-state index in [9.17, 15) is 0 Å². The molecule has 0 saturated carbocycles. The number of rotatable bonds is 0. The van der Waals surface area contributed by atoms with Gasteiger partial charge in [-0.15, -0.1) is 0 Å². The SMILES string of the molecule is OCC#Cc1cc2ccccc2o1. The van der Waals surface area contributed by atoms with Gasteiger partial charge < -0.3 is 9.52 Å². The summed E-state index contributed by atoms with van der Waals surface area (Å²) in [6, 6.07) is 9.57. The van der Waals surface area contributed by atoms with Crippen LogP contribution >= 0.6 is 0 Å². The third kappa shape index (κ3) is 1.56. The van der Waals surface area contributed by atoms with Crippen molar-refractivity contribution in [2.75, 3.05) is 6.61 Å². The number of hydrogen-bond donors (Lipinski definition) is 1. The Labute approximate surface area is 75.8 Å². The van der Waals surface area contributed by atoms with Gasteiger partial charge in [0.2, 0.25) is 0 Å². The Bertz CT molecular complexity index is 438. The lowest BCUT2D eigenvalue weighted by molar-refractivity contribution is 0.350. The zero-order valence-electron chi connectivity index (χ0n) is 6.95. The van der Waals surface area contributed by atoms with E-state index in [1.807, 2.05) is 30.3 Å². The summed E-state index contributed by atoms with van der Waals surface area (Å²) in [5.41, 5.74) is 0.824. The van der Waals surface area contributed by atoms with Crippen LogP contribution in [-0.4, -0.2) is 11.7 Å². The van der Waals surface area contributed by atoms with Crippen molar-refractivity contribution in [2.24, 2.45) is 0 Å². The minimum atomic E-state index is -0.142. The lowest BCUT2D eigenvalue weighted by atomic mass is 10.2. The van der Waals surface area contributed by atoms with Gasteiger partial charge in [0.25, 0.3) is 0 Å². The molecule has 0 saturated heterocycles. The summed E-state index contributed by atoms with van der Waals surface area (Å²) in [4.78, 5) is 0. The molecule has 2 heteroatoms. The summed E-state index contributed by atoms with van der Waals surface area (Å²) in [5.74, 6) is 5.85. The van der Waals surface area contributed by atoms with Crippen LogP contribution in [0, 0.1) is 11.8 Å². The van der Waals surface area contributed by atoms with E-state index in [0.29, 0.717) is 5.76 Å². The molecule has 13 heavy (non-hydrogen) atoms. The topological polar surface area (TPSA) is 33.4 Å². The van der Waals surface area contributed by atoms with Crippen LogP contribution in [-0.2, 0) is 0 Å². The third-order valence-electron chi connectivity index (χ3n) is 1.72. The number of furan rings is 1. The van der Waals surface area contributed by atoms with Gasteiger partial charge in [-0.3, -0.25) is 0 Å². The van der Waals surface area contributed by atoms with Crippen LogP contribution in [0.15, 0.2) is 34.7 Å². The zero-order valence-corrected chi connectivity index (χ0v) is 6.95. The van der Waals surface area contributed by atoms with Crippen molar-refractivity contribution in [3.05, 3.63) is 36.1 Å². The Hall–Kier alpha value is -1.72. The molecule has 0 bridgehead atoms. The van der Waals surface area contributed by atoms with Gasteiger partial charge in [-0.05, 0) is 12.0 Å². The smallest absolute Gasteiger partial charge is 0.178 e. The van der Waals surface area contributed by atoms with Crippen LogP contribution < -0.4 is 0 Å². The first kappa shape index (κ1) is 7.90. The second-order valence-corrected chi connectivity index (χ2v) is 2.61. The predicted octanol–water partition coefficient (Wildman–Crippen LogP) is 1.78. The predicted molar refractivity (Wildman–Crippen MR) is 50.2 cm³/mol. The number of para-hydroxylation sites is 1. The molecule has 2 nitrogen and oxygen atoms in total. The Morgan fingerprint density at radius 3 is 2.92 bits per heavy atom. The van der Waals surface area contributed by atoms with E-state index >= 15 is 0 Å². The molecule has 0 atom stereocenters. The molecule has 0 aliphatic heterocycles. The zero-order chi connectivity index (χ0) is 9.10. The van der Waals surface area contributed by atoms with Crippen molar-refractivity contribution < 1.29 is 9.52 Å². The largest absolute Gasteiger partial charge is 0.448 e. The Morgan fingerprint density at radius 1 is 1.31 bits per heavy atom. The second kappa shape index (κ2) is 3.34. The number of fused-ring (bicyclic) bond motifs is 1. The van der Waals surface area contributed by atoms with E-state index < -0.39 is 0 Å². The van der Waals surface area contributed by atoms with Gasteiger partial charge in [-0.2, -0.15) is 0 Å². The van der Waals surface area contributed by atoms with Crippen molar-refractivity contribution in [3.8, 4) is 11.8 Å². The van der Waals surface area contributed by atoms with Gasteiger partial charge in [-0.1, -0.05) is 24.1 Å². The van der Waals surface area contributed by atoms with E-state index in [1.165, 1.54) is 0 Å². The Balaban J connectivity index is 2.50. The van der Waals surface area contributed by atoms with Crippen LogP contribution in [0.1, 0.15) is 5.76 Å². The number of benzene rings is 1. The molecule has 2 aromatic rings. The molecule has 0 aliphatic carbocycles. The molecule has 0 spiro atoms. The number of hydrogen-bond acceptors (Lipinski definition) is 2. The molecule has 1 aromatic heterocycles. The first-order chi connectivity index (χ1) is 6.40. The minimum Gasteiger partial charge on any atom is -0.448 e. The third-order valence-corrected chi connectivity index (χ3v) is 1.72. The monoisotopic (exact) mass is 172 g/mol. The summed E-state index contributed by atoms with van der Waals surface area (Å²) in [5, 5.41) is 9.52. The van der Waals surface area contributed by atoms with E-state index in [-0.39, 0.29) is 6.61 Å². The van der Waals surface area contributed by atoms with Gasteiger partial charge in [0.15, 0.2) is 5.76 Å². The van der Waals surface area contributed by atoms with E-state index in [4.69, 9.17) is 9.52 Å². The van der Waals surface area contributed by atoms with Crippen molar-refractivity contribution in [3.63, 3.8) is 0 Å². The molecular weight excluding hydrogens is 164 g/mol. The highest BCUT2D eigenvalue weighted by molar-refractivity contribution is 5.78. The molecule has 0 aliphatic rings. The maximum Gasteiger partial charge on any atom is 0.178 e. The maximum absolute atomic E-state index is 8.49. The maximum atomic E-state index is 8.49. The molecule has 1 aromatic carbocycles. The summed E-state index contributed by atoms with van der Waals surface area (Å²) in [6.45, 7) is -0.142. The number of aliphatic hydroxyl groups is 1. The normalized spacial score (nSPS) is 9.62. The Morgan fingerprint density at radius 2 is 2.15 bits per heavy atom. The lowest BCUT2D eigenvalue weighted by Crippen LogP contribution is -1.71. The van der Waals surface area contributed by atoms with Crippen molar-refractivity contribution in [1.82, 2.24) is 0 Å². The molecule has 1 N–H and O–H groups in total. The number of aliphatic hydroxyl groups excluding tert-OH is 1. The highest BCUT2D eigenvalue weighted by Crippen LogP contribution is 2.17. The summed E-state index contributed by atoms with van der Waals surface area (Å²) >= 11 is 0. The van der Waals surface area contributed by atoms with Gasteiger partial charge in [0.05, 0.1) is 0 Å². The van der Waals surface area contributed by atoms with Crippen LogP contribution in [0.25, 0.3) is 11.0 Å². The molecule has 0 unspecified atom stereocenters. The van der Waals surface area contributed by atoms with Crippen molar-refractivity contribution >= 4 is 11.0 Å². The Kier molecular flexibility index (Phi) is 2.03. The fraction of sp³-hybridized carbons (Fsp3) is 0.0909. The highest BCUT2D eigenvalue weighted by Gasteiger charge is 1.98. The first-order valence-electron chi connectivity index (χ1n) is 3.98. The minimum absolute atomic E-state index is 0.142. The van der Waals surface area contributed by atoms with Gasteiger partial charge in [-0.25, -0.2) is 0 Å². The van der Waals surface area contributed by atoms with Gasteiger partial charge in [0, 0.05) is 11.5 Å². The van der Waals surface area contributed by atoms with Gasteiger partial charge >= 0.3 is 0 Å². The second-order valence-electron chi connectivity index (χ2n) is 2.61. The van der Waals surface area contributed by atoms with Crippen LogP contribution in [0.3, 0.4) is 0 Å².